The monoisotopic (exact) mass is 250 g/mol. The Morgan fingerprint density at radius 1 is 1.43 bits per heavy atom. The predicted molar refractivity (Wildman–Crippen MR) is 64.4 cm³/mol. The van der Waals surface area contributed by atoms with Gasteiger partial charge in [0.25, 0.3) is 0 Å². The van der Waals surface area contributed by atoms with Crippen molar-refractivity contribution in [3.8, 4) is 0 Å². The van der Waals surface area contributed by atoms with Crippen LogP contribution in [0.2, 0.25) is 10.0 Å². The number of aliphatic hydroxyl groups excluding tert-OH is 1. The van der Waals surface area contributed by atoms with Gasteiger partial charge in [0.05, 0.1) is 6.10 Å². The lowest BCUT2D eigenvalue weighted by Gasteiger charge is -2.12. The third-order valence-electron chi connectivity index (χ3n) is 1.91. The smallest absolute Gasteiger partial charge is 0.0812 e. The molecule has 1 unspecified atom stereocenters. The van der Waals surface area contributed by atoms with E-state index in [0.717, 1.165) is 5.75 Å². The molecule has 0 bridgehead atoms. The fraction of sp³-hybridized carbons (Fsp3) is 0.400. The van der Waals surface area contributed by atoms with Crippen molar-refractivity contribution in [2.45, 2.75) is 12.5 Å². The zero-order valence-corrected chi connectivity index (χ0v) is 10.2. The van der Waals surface area contributed by atoms with E-state index >= 15 is 0 Å². The molecule has 0 amide bonds. The summed E-state index contributed by atoms with van der Waals surface area (Å²) in [7, 11) is 0. The van der Waals surface area contributed by atoms with Gasteiger partial charge in [0, 0.05) is 15.6 Å². The summed E-state index contributed by atoms with van der Waals surface area (Å²) < 4.78 is 0. The average molecular weight is 251 g/mol. The van der Waals surface area contributed by atoms with Crippen LogP contribution in [0.15, 0.2) is 18.2 Å². The van der Waals surface area contributed by atoms with Crippen LogP contribution in [0.1, 0.15) is 18.1 Å². The molecule has 0 saturated carbocycles. The van der Waals surface area contributed by atoms with Gasteiger partial charge in [0.15, 0.2) is 0 Å². The Bertz CT molecular complexity index is 304. The molecule has 78 valence electrons. The lowest BCUT2D eigenvalue weighted by molar-refractivity contribution is 0.175. The molecule has 1 N–H and O–H groups in total. The zero-order valence-electron chi connectivity index (χ0n) is 7.84. The second-order valence-corrected chi connectivity index (χ2v) is 4.79. The highest BCUT2D eigenvalue weighted by Gasteiger charge is 2.11. The molecule has 0 spiro atoms. The minimum atomic E-state index is -0.520. The molecule has 0 aliphatic carbocycles. The molecular weight excluding hydrogens is 239 g/mol. The van der Waals surface area contributed by atoms with E-state index in [4.69, 9.17) is 23.2 Å². The fourth-order valence-electron chi connectivity index (χ4n) is 1.15. The number of benzene rings is 1. The van der Waals surface area contributed by atoms with Crippen LogP contribution in [-0.4, -0.2) is 17.1 Å². The van der Waals surface area contributed by atoms with E-state index in [1.165, 1.54) is 0 Å². The molecule has 0 aliphatic heterocycles. The van der Waals surface area contributed by atoms with Gasteiger partial charge in [0.2, 0.25) is 0 Å². The highest BCUT2D eigenvalue weighted by molar-refractivity contribution is 7.98. The summed E-state index contributed by atoms with van der Waals surface area (Å²) in [6.45, 7) is 0. The van der Waals surface area contributed by atoms with E-state index in [0.29, 0.717) is 22.0 Å². The van der Waals surface area contributed by atoms with Crippen LogP contribution in [0.25, 0.3) is 0 Å². The van der Waals surface area contributed by atoms with Gasteiger partial charge in [-0.25, -0.2) is 0 Å². The Morgan fingerprint density at radius 2 is 2.14 bits per heavy atom. The highest BCUT2D eigenvalue weighted by Crippen LogP contribution is 2.28. The second-order valence-electron chi connectivity index (χ2n) is 2.96. The van der Waals surface area contributed by atoms with E-state index in [9.17, 15) is 5.11 Å². The number of halogens is 2. The Balaban J connectivity index is 2.77. The quantitative estimate of drug-likeness (QED) is 0.878. The van der Waals surface area contributed by atoms with Crippen LogP contribution >= 0.6 is 35.0 Å². The van der Waals surface area contributed by atoms with Crippen molar-refractivity contribution in [2.75, 3.05) is 12.0 Å². The van der Waals surface area contributed by atoms with Gasteiger partial charge in [-0.2, -0.15) is 11.8 Å². The van der Waals surface area contributed by atoms with Gasteiger partial charge in [-0.1, -0.05) is 23.2 Å². The summed E-state index contributed by atoms with van der Waals surface area (Å²) in [5.74, 6) is 0.907. The maximum atomic E-state index is 9.80. The maximum Gasteiger partial charge on any atom is 0.0812 e. The fourth-order valence-corrected chi connectivity index (χ4v) is 2.04. The number of hydrogen-bond donors (Lipinski definition) is 1. The van der Waals surface area contributed by atoms with Crippen molar-refractivity contribution in [3.63, 3.8) is 0 Å². The van der Waals surface area contributed by atoms with Crippen LogP contribution in [0.5, 0.6) is 0 Å². The van der Waals surface area contributed by atoms with Crippen molar-refractivity contribution in [2.24, 2.45) is 0 Å². The molecular formula is C10H12Cl2OS. The van der Waals surface area contributed by atoms with E-state index in [2.05, 4.69) is 0 Å². The van der Waals surface area contributed by atoms with Gasteiger partial charge in [0.1, 0.15) is 0 Å². The van der Waals surface area contributed by atoms with E-state index in [1.807, 2.05) is 6.26 Å². The Labute approximate surface area is 98.4 Å². The lowest BCUT2D eigenvalue weighted by Crippen LogP contribution is -1.99. The molecule has 0 radical (unpaired) electrons. The summed E-state index contributed by atoms with van der Waals surface area (Å²) in [5, 5.41) is 11.0. The van der Waals surface area contributed by atoms with Crippen LogP contribution in [0.4, 0.5) is 0 Å². The molecule has 14 heavy (non-hydrogen) atoms. The zero-order chi connectivity index (χ0) is 10.6. The molecule has 4 heteroatoms. The molecule has 1 nitrogen and oxygen atoms in total. The summed E-state index contributed by atoms with van der Waals surface area (Å²) in [6.07, 6.45) is 2.18. The second kappa shape index (κ2) is 5.86. The minimum Gasteiger partial charge on any atom is -0.388 e. The first-order valence-corrected chi connectivity index (χ1v) is 6.42. The average Bonchev–Trinajstić information content (AvgIpc) is 2.18. The maximum absolute atomic E-state index is 9.80. The molecule has 0 heterocycles. The van der Waals surface area contributed by atoms with Crippen molar-refractivity contribution >= 4 is 35.0 Å². The van der Waals surface area contributed by atoms with Gasteiger partial charge in [-0.05, 0) is 36.6 Å². The van der Waals surface area contributed by atoms with Crippen molar-refractivity contribution in [1.82, 2.24) is 0 Å². The summed E-state index contributed by atoms with van der Waals surface area (Å²) in [4.78, 5) is 0. The topological polar surface area (TPSA) is 20.2 Å². The molecule has 1 rings (SSSR count). The van der Waals surface area contributed by atoms with E-state index in [1.54, 1.807) is 30.0 Å². The van der Waals surface area contributed by atoms with Crippen LogP contribution < -0.4 is 0 Å². The third kappa shape index (κ3) is 3.35. The van der Waals surface area contributed by atoms with Crippen LogP contribution in [0.3, 0.4) is 0 Å². The molecule has 0 aliphatic rings. The highest BCUT2D eigenvalue weighted by atomic mass is 35.5. The van der Waals surface area contributed by atoms with Gasteiger partial charge < -0.3 is 5.11 Å². The van der Waals surface area contributed by atoms with E-state index in [-0.39, 0.29) is 0 Å². The summed E-state index contributed by atoms with van der Waals surface area (Å²) >= 11 is 13.5. The third-order valence-corrected chi connectivity index (χ3v) is 3.14. The lowest BCUT2D eigenvalue weighted by atomic mass is 10.1. The first-order valence-electron chi connectivity index (χ1n) is 4.27. The van der Waals surface area contributed by atoms with Gasteiger partial charge in [-0.3, -0.25) is 0 Å². The molecule has 0 fully saturated rings. The van der Waals surface area contributed by atoms with Crippen LogP contribution in [0, 0.1) is 0 Å². The summed E-state index contributed by atoms with van der Waals surface area (Å²) in [5.41, 5.74) is 0.716. The number of hydrogen-bond acceptors (Lipinski definition) is 2. The Kier molecular flexibility index (Phi) is 5.10. The summed E-state index contributed by atoms with van der Waals surface area (Å²) in [6, 6.07) is 5.14. The number of aliphatic hydroxyl groups is 1. The molecule has 1 atom stereocenters. The van der Waals surface area contributed by atoms with E-state index < -0.39 is 6.10 Å². The minimum absolute atomic E-state index is 0.520. The van der Waals surface area contributed by atoms with Crippen molar-refractivity contribution in [1.29, 1.82) is 0 Å². The van der Waals surface area contributed by atoms with Crippen molar-refractivity contribution < 1.29 is 5.11 Å². The Morgan fingerprint density at radius 3 is 2.79 bits per heavy atom. The SMILES string of the molecule is CSCCC(O)c1cc(Cl)ccc1Cl. The molecule has 0 saturated heterocycles. The van der Waals surface area contributed by atoms with Crippen molar-refractivity contribution in [3.05, 3.63) is 33.8 Å². The van der Waals surface area contributed by atoms with Gasteiger partial charge >= 0.3 is 0 Å². The predicted octanol–water partition coefficient (Wildman–Crippen LogP) is 3.78. The normalized spacial score (nSPS) is 12.9. The Hall–Kier alpha value is 0.110. The molecule has 1 aromatic rings. The molecule has 1 aromatic carbocycles. The van der Waals surface area contributed by atoms with Crippen LogP contribution in [-0.2, 0) is 0 Å². The molecule has 0 aromatic heterocycles. The first kappa shape index (κ1) is 12.2. The number of thioether (sulfide) groups is 1. The van der Waals surface area contributed by atoms with Gasteiger partial charge in [-0.15, -0.1) is 0 Å². The first-order chi connectivity index (χ1) is 6.65. The standard InChI is InChI=1S/C10H12Cl2OS/c1-14-5-4-10(13)8-6-7(11)2-3-9(8)12/h2-3,6,10,13H,4-5H2,1H3. The largest absolute Gasteiger partial charge is 0.388 e. The number of rotatable bonds is 4.